The maximum atomic E-state index is 11.4. The molecule has 0 aromatic heterocycles. The van der Waals surface area contributed by atoms with Crippen LogP contribution in [0.5, 0.6) is 0 Å². The second-order valence-electron chi connectivity index (χ2n) is 3.13. The standard InChI is InChI=1S/C9H13NO4/c1-4-6-5-9(6,7(11)13-2)10-8(12)14-3/h4,6H,1,5H2,2-3H3,(H,10,12)/t6-,9-/m0/s1. The van der Waals surface area contributed by atoms with Gasteiger partial charge in [-0.1, -0.05) is 6.08 Å². The van der Waals surface area contributed by atoms with Crippen LogP contribution in [0.3, 0.4) is 0 Å². The Balaban J connectivity index is 2.71. The minimum Gasteiger partial charge on any atom is -0.467 e. The number of nitrogens with one attached hydrogen (secondary N) is 1. The fourth-order valence-corrected chi connectivity index (χ4v) is 1.42. The SMILES string of the molecule is C=C[C@H]1C[C@@]1(NC(=O)OC)C(=O)OC. The van der Waals surface area contributed by atoms with Crippen molar-refractivity contribution in [3.05, 3.63) is 12.7 Å². The number of esters is 1. The minimum absolute atomic E-state index is 0.0750. The van der Waals surface area contributed by atoms with Gasteiger partial charge in [0.15, 0.2) is 0 Å². The van der Waals surface area contributed by atoms with Gasteiger partial charge in [0.2, 0.25) is 0 Å². The summed E-state index contributed by atoms with van der Waals surface area (Å²) in [5, 5.41) is 2.46. The Hall–Kier alpha value is -1.52. The molecule has 1 aliphatic rings. The zero-order chi connectivity index (χ0) is 10.8. The molecule has 78 valence electrons. The van der Waals surface area contributed by atoms with Crippen LogP contribution in [-0.2, 0) is 14.3 Å². The van der Waals surface area contributed by atoms with Crippen LogP contribution in [0.2, 0.25) is 0 Å². The van der Waals surface area contributed by atoms with E-state index in [0.29, 0.717) is 6.42 Å². The number of rotatable bonds is 3. The number of amides is 1. The van der Waals surface area contributed by atoms with Gasteiger partial charge in [0, 0.05) is 5.92 Å². The fraction of sp³-hybridized carbons (Fsp3) is 0.556. The van der Waals surface area contributed by atoms with Gasteiger partial charge in [-0.05, 0) is 6.42 Å². The number of hydrogen-bond acceptors (Lipinski definition) is 4. The molecule has 0 aromatic rings. The first-order valence-electron chi connectivity index (χ1n) is 4.18. The van der Waals surface area contributed by atoms with Crippen molar-refractivity contribution >= 4 is 12.1 Å². The van der Waals surface area contributed by atoms with E-state index in [9.17, 15) is 9.59 Å². The topological polar surface area (TPSA) is 64.6 Å². The van der Waals surface area contributed by atoms with E-state index in [2.05, 4.69) is 21.4 Å². The van der Waals surface area contributed by atoms with Crippen LogP contribution < -0.4 is 5.32 Å². The third kappa shape index (κ3) is 1.57. The summed E-state index contributed by atoms with van der Waals surface area (Å²) in [6.07, 6.45) is 1.49. The van der Waals surface area contributed by atoms with Gasteiger partial charge in [-0.15, -0.1) is 6.58 Å². The highest BCUT2D eigenvalue weighted by molar-refractivity contribution is 5.90. The number of methoxy groups -OCH3 is 2. The van der Waals surface area contributed by atoms with Crippen molar-refractivity contribution in [2.24, 2.45) is 5.92 Å². The van der Waals surface area contributed by atoms with Gasteiger partial charge < -0.3 is 14.8 Å². The number of ether oxygens (including phenoxy) is 2. The van der Waals surface area contributed by atoms with Crippen molar-refractivity contribution < 1.29 is 19.1 Å². The van der Waals surface area contributed by atoms with Gasteiger partial charge in [-0.3, -0.25) is 0 Å². The Kier molecular flexibility index (Phi) is 2.78. The molecule has 0 heterocycles. The second-order valence-corrected chi connectivity index (χ2v) is 3.13. The summed E-state index contributed by atoms with van der Waals surface area (Å²) in [4.78, 5) is 22.4. The van der Waals surface area contributed by atoms with Crippen LogP contribution >= 0.6 is 0 Å². The van der Waals surface area contributed by atoms with Gasteiger partial charge >= 0.3 is 12.1 Å². The Morgan fingerprint density at radius 1 is 1.50 bits per heavy atom. The second kappa shape index (κ2) is 3.69. The molecule has 1 amide bonds. The molecule has 0 bridgehead atoms. The van der Waals surface area contributed by atoms with E-state index in [4.69, 9.17) is 0 Å². The molecule has 1 aliphatic carbocycles. The number of carbonyl (C=O) groups is 2. The highest BCUT2D eigenvalue weighted by Gasteiger charge is 2.61. The predicted octanol–water partition coefficient (Wildman–Crippen LogP) is 0.460. The van der Waals surface area contributed by atoms with Crippen molar-refractivity contribution in [2.45, 2.75) is 12.0 Å². The zero-order valence-electron chi connectivity index (χ0n) is 8.20. The highest BCUT2D eigenvalue weighted by Crippen LogP contribution is 2.45. The van der Waals surface area contributed by atoms with Crippen molar-refractivity contribution in [3.8, 4) is 0 Å². The van der Waals surface area contributed by atoms with E-state index in [1.54, 1.807) is 6.08 Å². The van der Waals surface area contributed by atoms with Crippen LogP contribution in [-0.4, -0.2) is 31.8 Å². The normalized spacial score (nSPS) is 28.9. The average molecular weight is 199 g/mol. The lowest BCUT2D eigenvalue weighted by molar-refractivity contribution is -0.144. The largest absolute Gasteiger partial charge is 0.467 e. The molecule has 1 saturated carbocycles. The van der Waals surface area contributed by atoms with E-state index in [-0.39, 0.29) is 5.92 Å². The highest BCUT2D eigenvalue weighted by atomic mass is 16.5. The Morgan fingerprint density at radius 3 is 2.50 bits per heavy atom. The van der Waals surface area contributed by atoms with Crippen molar-refractivity contribution in [3.63, 3.8) is 0 Å². The van der Waals surface area contributed by atoms with Gasteiger partial charge in [0.05, 0.1) is 14.2 Å². The summed E-state index contributed by atoms with van der Waals surface area (Å²) in [6.45, 7) is 3.57. The molecule has 1 fully saturated rings. The summed E-state index contributed by atoms with van der Waals surface area (Å²) in [7, 11) is 2.52. The van der Waals surface area contributed by atoms with Crippen molar-refractivity contribution in [2.75, 3.05) is 14.2 Å². The summed E-state index contributed by atoms with van der Waals surface area (Å²) >= 11 is 0. The van der Waals surface area contributed by atoms with E-state index >= 15 is 0 Å². The average Bonchev–Trinajstić information content (AvgIpc) is 2.91. The van der Waals surface area contributed by atoms with Gasteiger partial charge in [-0.25, -0.2) is 9.59 Å². The first-order chi connectivity index (χ1) is 6.60. The molecule has 5 heteroatoms. The van der Waals surface area contributed by atoms with E-state index in [1.165, 1.54) is 14.2 Å². The molecular formula is C9H13NO4. The van der Waals surface area contributed by atoms with Gasteiger partial charge in [0.1, 0.15) is 5.54 Å². The third-order valence-electron chi connectivity index (χ3n) is 2.36. The molecule has 5 nitrogen and oxygen atoms in total. The monoisotopic (exact) mass is 199 g/mol. The Labute approximate surface area is 82.1 Å². The summed E-state index contributed by atoms with van der Waals surface area (Å²) in [6, 6.07) is 0. The third-order valence-corrected chi connectivity index (χ3v) is 2.36. The Morgan fingerprint density at radius 2 is 2.14 bits per heavy atom. The molecule has 0 radical (unpaired) electrons. The summed E-state index contributed by atoms with van der Waals surface area (Å²) < 4.78 is 9.02. The molecule has 14 heavy (non-hydrogen) atoms. The van der Waals surface area contributed by atoms with E-state index < -0.39 is 17.6 Å². The lowest BCUT2D eigenvalue weighted by atomic mass is 10.2. The Bertz CT molecular complexity index is 276. The van der Waals surface area contributed by atoms with Crippen LogP contribution in [0.25, 0.3) is 0 Å². The number of carbonyl (C=O) groups excluding carboxylic acids is 2. The van der Waals surface area contributed by atoms with E-state index in [0.717, 1.165) is 0 Å². The molecule has 0 saturated heterocycles. The van der Waals surface area contributed by atoms with Crippen molar-refractivity contribution in [1.82, 2.24) is 5.32 Å². The van der Waals surface area contributed by atoms with Crippen LogP contribution in [0.15, 0.2) is 12.7 Å². The number of hydrogen-bond donors (Lipinski definition) is 1. The maximum absolute atomic E-state index is 11.4. The summed E-state index contributed by atoms with van der Waals surface area (Å²) in [5.41, 5.74) is -0.955. The van der Waals surface area contributed by atoms with Gasteiger partial charge in [-0.2, -0.15) is 0 Å². The van der Waals surface area contributed by atoms with Crippen molar-refractivity contribution in [1.29, 1.82) is 0 Å². The minimum atomic E-state index is -0.955. The fourth-order valence-electron chi connectivity index (χ4n) is 1.42. The maximum Gasteiger partial charge on any atom is 0.407 e. The smallest absolute Gasteiger partial charge is 0.407 e. The van der Waals surface area contributed by atoms with Crippen LogP contribution in [0, 0.1) is 5.92 Å². The first-order valence-corrected chi connectivity index (χ1v) is 4.18. The quantitative estimate of drug-likeness (QED) is 0.529. The lowest BCUT2D eigenvalue weighted by Gasteiger charge is -2.14. The van der Waals surface area contributed by atoms with Gasteiger partial charge in [0.25, 0.3) is 0 Å². The van der Waals surface area contributed by atoms with Crippen LogP contribution in [0.1, 0.15) is 6.42 Å². The molecule has 0 unspecified atom stereocenters. The summed E-state index contributed by atoms with van der Waals surface area (Å²) in [5.74, 6) is -0.540. The molecule has 0 spiro atoms. The lowest BCUT2D eigenvalue weighted by Crippen LogP contribution is -2.45. The molecule has 0 aromatic carbocycles. The molecule has 2 atom stereocenters. The molecular weight excluding hydrogens is 186 g/mol. The predicted molar refractivity (Wildman–Crippen MR) is 48.6 cm³/mol. The number of alkyl carbamates (subject to hydrolysis) is 1. The first kappa shape index (κ1) is 10.6. The molecule has 1 rings (SSSR count). The molecule has 1 N–H and O–H groups in total. The zero-order valence-corrected chi connectivity index (χ0v) is 8.20. The molecule has 0 aliphatic heterocycles. The van der Waals surface area contributed by atoms with Crippen LogP contribution in [0.4, 0.5) is 4.79 Å². The van der Waals surface area contributed by atoms with E-state index in [1.807, 2.05) is 0 Å².